The SMILES string of the molecule is CN(C(=O)c1cc(C(N)=O)cs1)C1CCN(CCc2ccccn2)CC1. The molecule has 0 aliphatic carbocycles. The lowest BCUT2D eigenvalue weighted by molar-refractivity contribution is 0.0648. The van der Waals surface area contributed by atoms with Gasteiger partial charge in [-0.05, 0) is 31.0 Å². The van der Waals surface area contributed by atoms with Gasteiger partial charge in [0.25, 0.3) is 5.91 Å². The molecule has 7 heteroatoms. The first-order valence-electron chi connectivity index (χ1n) is 8.82. The Morgan fingerprint density at radius 3 is 2.73 bits per heavy atom. The first kappa shape index (κ1) is 18.5. The van der Waals surface area contributed by atoms with E-state index in [-0.39, 0.29) is 11.9 Å². The van der Waals surface area contributed by atoms with E-state index in [4.69, 9.17) is 5.73 Å². The molecular formula is C19H24N4O2S. The van der Waals surface area contributed by atoms with E-state index in [1.165, 1.54) is 11.3 Å². The fourth-order valence-electron chi connectivity index (χ4n) is 3.27. The number of primary amides is 1. The van der Waals surface area contributed by atoms with Crippen molar-refractivity contribution in [3.63, 3.8) is 0 Å². The Bertz CT molecular complexity index is 754. The van der Waals surface area contributed by atoms with Crippen molar-refractivity contribution in [3.05, 3.63) is 52.0 Å². The standard InChI is InChI=1S/C19H24N4O2S/c1-22(19(25)17-12-14(13-26-17)18(20)24)16-6-10-23(11-7-16)9-5-15-4-2-3-8-21-15/h2-4,8,12-13,16H,5-7,9-11H2,1H3,(H2,20,24). The average molecular weight is 372 g/mol. The van der Waals surface area contributed by atoms with Crippen molar-refractivity contribution in [3.8, 4) is 0 Å². The van der Waals surface area contributed by atoms with Gasteiger partial charge in [0, 0.05) is 56.4 Å². The van der Waals surface area contributed by atoms with Gasteiger partial charge < -0.3 is 15.5 Å². The van der Waals surface area contributed by atoms with Crippen molar-refractivity contribution < 1.29 is 9.59 Å². The van der Waals surface area contributed by atoms with Crippen LogP contribution in [0.2, 0.25) is 0 Å². The molecule has 1 fully saturated rings. The quantitative estimate of drug-likeness (QED) is 0.841. The van der Waals surface area contributed by atoms with Crippen molar-refractivity contribution in [2.45, 2.75) is 25.3 Å². The van der Waals surface area contributed by atoms with Crippen LogP contribution in [0.5, 0.6) is 0 Å². The fourth-order valence-corrected chi connectivity index (χ4v) is 4.14. The number of hydrogen-bond acceptors (Lipinski definition) is 5. The van der Waals surface area contributed by atoms with Gasteiger partial charge in [0.2, 0.25) is 5.91 Å². The third-order valence-corrected chi connectivity index (χ3v) is 5.85. The highest BCUT2D eigenvalue weighted by molar-refractivity contribution is 7.12. The van der Waals surface area contributed by atoms with Crippen LogP contribution in [-0.2, 0) is 6.42 Å². The lowest BCUT2D eigenvalue weighted by atomic mass is 10.0. The number of nitrogens with two attached hydrogens (primary N) is 1. The van der Waals surface area contributed by atoms with Crippen LogP contribution in [0.4, 0.5) is 0 Å². The number of thiophene rings is 1. The molecule has 1 saturated heterocycles. The fraction of sp³-hybridized carbons (Fsp3) is 0.421. The van der Waals surface area contributed by atoms with Gasteiger partial charge in [0.1, 0.15) is 0 Å². The zero-order valence-electron chi connectivity index (χ0n) is 14.9. The molecule has 0 bridgehead atoms. The summed E-state index contributed by atoms with van der Waals surface area (Å²) >= 11 is 1.28. The summed E-state index contributed by atoms with van der Waals surface area (Å²) in [6, 6.07) is 7.83. The van der Waals surface area contributed by atoms with Gasteiger partial charge in [-0.1, -0.05) is 6.07 Å². The van der Waals surface area contributed by atoms with Crippen molar-refractivity contribution >= 4 is 23.2 Å². The number of pyridine rings is 1. The topological polar surface area (TPSA) is 79.5 Å². The summed E-state index contributed by atoms with van der Waals surface area (Å²) in [4.78, 5) is 33.0. The third kappa shape index (κ3) is 4.47. The number of carbonyl (C=O) groups is 2. The molecule has 0 radical (unpaired) electrons. The van der Waals surface area contributed by atoms with Gasteiger partial charge in [-0.2, -0.15) is 0 Å². The van der Waals surface area contributed by atoms with Crippen molar-refractivity contribution in [1.29, 1.82) is 0 Å². The van der Waals surface area contributed by atoms with E-state index in [0.717, 1.165) is 44.6 Å². The zero-order valence-corrected chi connectivity index (χ0v) is 15.7. The van der Waals surface area contributed by atoms with E-state index in [1.807, 2.05) is 30.3 Å². The molecular weight excluding hydrogens is 348 g/mol. The minimum absolute atomic E-state index is 0.0329. The molecule has 0 spiro atoms. The van der Waals surface area contributed by atoms with Crippen LogP contribution in [-0.4, -0.2) is 59.3 Å². The number of carbonyl (C=O) groups excluding carboxylic acids is 2. The van der Waals surface area contributed by atoms with E-state index in [0.29, 0.717) is 10.4 Å². The molecule has 2 aromatic rings. The van der Waals surface area contributed by atoms with E-state index < -0.39 is 5.91 Å². The molecule has 3 rings (SSSR count). The van der Waals surface area contributed by atoms with Crippen LogP contribution >= 0.6 is 11.3 Å². The largest absolute Gasteiger partial charge is 0.366 e. The minimum atomic E-state index is -0.496. The normalized spacial score (nSPS) is 15.7. The molecule has 138 valence electrons. The Morgan fingerprint density at radius 2 is 2.12 bits per heavy atom. The Hall–Kier alpha value is -2.25. The Labute approximate surface area is 157 Å². The predicted octanol–water partition coefficient (Wildman–Crippen LogP) is 2.02. The minimum Gasteiger partial charge on any atom is -0.366 e. The third-order valence-electron chi connectivity index (χ3n) is 4.93. The van der Waals surface area contributed by atoms with E-state index in [1.54, 1.807) is 11.4 Å². The first-order chi connectivity index (χ1) is 12.5. The van der Waals surface area contributed by atoms with Crippen LogP contribution < -0.4 is 5.73 Å². The van der Waals surface area contributed by atoms with Gasteiger partial charge in [-0.25, -0.2) is 0 Å². The molecule has 1 aliphatic heterocycles. The summed E-state index contributed by atoms with van der Waals surface area (Å²) in [6.45, 7) is 2.95. The second-order valence-corrected chi connectivity index (χ2v) is 7.54. The second kappa shape index (κ2) is 8.42. The molecule has 2 N–H and O–H groups in total. The predicted molar refractivity (Wildman–Crippen MR) is 102 cm³/mol. The summed E-state index contributed by atoms with van der Waals surface area (Å²) in [5.41, 5.74) is 6.78. The molecule has 1 aliphatic rings. The smallest absolute Gasteiger partial charge is 0.263 e. The van der Waals surface area contributed by atoms with Crippen molar-refractivity contribution in [2.24, 2.45) is 5.73 Å². The van der Waals surface area contributed by atoms with Gasteiger partial charge >= 0.3 is 0 Å². The highest BCUT2D eigenvalue weighted by Crippen LogP contribution is 2.21. The molecule has 0 saturated carbocycles. The van der Waals surface area contributed by atoms with Gasteiger partial charge in [0.15, 0.2) is 0 Å². The van der Waals surface area contributed by atoms with Gasteiger partial charge in [-0.3, -0.25) is 14.6 Å². The van der Waals surface area contributed by atoms with E-state index >= 15 is 0 Å². The molecule has 2 amide bonds. The maximum Gasteiger partial charge on any atom is 0.263 e. The zero-order chi connectivity index (χ0) is 18.5. The van der Waals surface area contributed by atoms with Crippen molar-refractivity contribution in [2.75, 3.05) is 26.7 Å². The summed E-state index contributed by atoms with van der Waals surface area (Å²) in [5.74, 6) is -0.529. The van der Waals surface area contributed by atoms with Crippen LogP contribution in [0.3, 0.4) is 0 Å². The molecule has 0 aromatic carbocycles. The molecule has 6 nitrogen and oxygen atoms in total. The molecule has 0 atom stereocenters. The monoisotopic (exact) mass is 372 g/mol. The lowest BCUT2D eigenvalue weighted by Crippen LogP contribution is -2.45. The maximum absolute atomic E-state index is 12.6. The summed E-state index contributed by atoms with van der Waals surface area (Å²) in [5, 5.41) is 1.64. The maximum atomic E-state index is 12.6. The molecule has 26 heavy (non-hydrogen) atoms. The Kier molecular flexibility index (Phi) is 6.00. The van der Waals surface area contributed by atoms with Crippen LogP contribution in [0, 0.1) is 0 Å². The first-order valence-corrected chi connectivity index (χ1v) is 9.70. The lowest BCUT2D eigenvalue weighted by Gasteiger charge is -2.36. The van der Waals surface area contributed by atoms with E-state index in [9.17, 15) is 9.59 Å². The average Bonchev–Trinajstić information content (AvgIpc) is 3.17. The van der Waals surface area contributed by atoms with Gasteiger partial charge in [0.05, 0.1) is 10.4 Å². The summed E-state index contributed by atoms with van der Waals surface area (Å²) in [7, 11) is 1.85. The van der Waals surface area contributed by atoms with Crippen LogP contribution in [0.25, 0.3) is 0 Å². The van der Waals surface area contributed by atoms with Gasteiger partial charge in [-0.15, -0.1) is 11.3 Å². The number of likely N-dealkylation sites (tertiary alicyclic amines) is 1. The number of amides is 2. The second-order valence-electron chi connectivity index (χ2n) is 6.62. The Morgan fingerprint density at radius 1 is 1.35 bits per heavy atom. The highest BCUT2D eigenvalue weighted by atomic mass is 32.1. The number of hydrogen-bond donors (Lipinski definition) is 1. The van der Waals surface area contributed by atoms with E-state index in [2.05, 4.69) is 16.0 Å². The highest BCUT2D eigenvalue weighted by Gasteiger charge is 2.26. The molecule has 2 aromatic heterocycles. The molecule has 3 heterocycles. The Balaban J connectivity index is 1.49. The number of piperidine rings is 1. The number of rotatable bonds is 6. The molecule has 0 unspecified atom stereocenters. The number of nitrogens with zero attached hydrogens (tertiary/aromatic N) is 3. The summed E-state index contributed by atoms with van der Waals surface area (Å²) < 4.78 is 0. The van der Waals surface area contributed by atoms with Crippen molar-refractivity contribution in [1.82, 2.24) is 14.8 Å². The number of aromatic nitrogens is 1. The summed E-state index contributed by atoms with van der Waals surface area (Å²) in [6.07, 6.45) is 4.69. The van der Waals surface area contributed by atoms with Crippen LogP contribution in [0.15, 0.2) is 35.8 Å². The van der Waals surface area contributed by atoms with Crippen LogP contribution in [0.1, 0.15) is 38.6 Å².